The third-order valence-electron chi connectivity index (χ3n) is 3.96. The molecular weight excluding hydrogens is 231 g/mol. The minimum absolute atomic E-state index is 0.316. The molecule has 0 spiro atoms. The Balaban J connectivity index is 2.35. The van der Waals surface area contributed by atoms with Crippen molar-refractivity contribution in [2.24, 2.45) is 0 Å². The van der Waals surface area contributed by atoms with Crippen molar-refractivity contribution in [2.75, 3.05) is 6.61 Å². The van der Waals surface area contributed by atoms with Crippen LogP contribution in [-0.4, -0.2) is 32.6 Å². The van der Waals surface area contributed by atoms with E-state index in [1.165, 1.54) is 9.80 Å². The molecule has 0 aliphatic carbocycles. The van der Waals surface area contributed by atoms with Crippen LogP contribution in [0.15, 0.2) is 24.3 Å². The first-order valence-electron chi connectivity index (χ1n) is 6.92. The molecule has 0 unspecified atom stereocenters. The summed E-state index contributed by atoms with van der Waals surface area (Å²) in [4.78, 5) is 0. The van der Waals surface area contributed by atoms with E-state index in [4.69, 9.17) is 4.43 Å². The van der Waals surface area contributed by atoms with Gasteiger partial charge in [-0.05, 0) is 0 Å². The molecule has 0 saturated heterocycles. The van der Waals surface area contributed by atoms with Gasteiger partial charge in [0.2, 0.25) is 0 Å². The van der Waals surface area contributed by atoms with Gasteiger partial charge in [-0.25, -0.2) is 0 Å². The van der Waals surface area contributed by atoms with Gasteiger partial charge in [-0.1, -0.05) is 0 Å². The van der Waals surface area contributed by atoms with Gasteiger partial charge in [-0.15, -0.1) is 0 Å². The summed E-state index contributed by atoms with van der Waals surface area (Å²) in [7, 11) is -1.55. The van der Waals surface area contributed by atoms with E-state index in [0.29, 0.717) is 5.04 Å². The fourth-order valence-corrected chi connectivity index (χ4v) is 2.78. The van der Waals surface area contributed by atoms with Crippen LogP contribution in [0, 0.1) is 0 Å². The van der Waals surface area contributed by atoms with E-state index in [2.05, 4.69) is 75.8 Å². The average Bonchev–Trinajstić information content (AvgIpc) is 2.23. The Hall–Kier alpha value is -0.00571. The van der Waals surface area contributed by atoms with E-state index in [0.717, 1.165) is 19.4 Å². The molecule has 18 heavy (non-hydrogen) atoms. The Morgan fingerprint density at radius 2 is 1.89 bits per heavy atom. The fourth-order valence-electron chi connectivity index (χ4n) is 1.69. The molecule has 0 aliphatic heterocycles. The van der Waals surface area contributed by atoms with Gasteiger partial charge in [-0.3, -0.25) is 0 Å². The van der Waals surface area contributed by atoms with Crippen molar-refractivity contribution in [1.29, 1.82) is 0 Å². The zero-order valence-electron chi connectivity index (χ0n) is 12.8. The number of rotatable bonds is 5. The van der Waals surface area contributed by atoms with Crippen LogP contribution in [0.4, 0.5) is 0 Å². The van der Waals surface area contributed by atoms with E-state index < -0.39 is 8.32 Å². The third kappa shape index (κ3) is 4.93. The molecule has 0 N–H and O–H groups in total. The summed E-state index contributed by atoms with van der Waals surface area (Å²) in [6.45, 7) is 12.4. The second kappa shape index (κ2) is 6.43. The van der Waals surface area contributed by atoms with Gasteiger partial charge in [-0.2, -0.15) is 0 Å². The summed E-state index contributed by atoms with van der Waals surface area (Å²) in [6.07, 6.45) is 2.24. The molecule has 0 fully saturated rings. The summed E-state index contributed by atoms with van der Waals surface area (Å²) < 4.78 is 7.53. The summed E-state index contributed by atoms with van der Waals surface area (Å²) in [5.41, 5.74) is 1.42. The van der Waals surface area contributed by atoms with E-state index in [1.54, 1.807) is 0 Å². The molecule has 1 rings (SSSR count). The van der Waals surface area contributed by atoms with Crippen LogP contribution in [0.5, 0.6) is 0 Å². The Morgan fingerprint density at radius 1 is 1.22 bits per heavy atom. The molecule has 0 aliphatic rings. The number of hydrogen-bond acceptors (Lipinski definition) is 1. The van der Waals surface area contributed by atoms with Crippen LogP contribution >= 0.6 is 0 Å². The topological polar surface area (TPSA) is 9.23 Å². The van der Waals surface area contributed by atoms with Crippen LogP contribution in [0.2, 0.25) is 18.1 Å². The van der Waals surface area contributed by atoms with Crippen LogP contribution in [-0.2, 0) is 10.8 Å². The first-order chi connectivity index (χ1) is 8.22. The molecule has 0 saturated carbocycles. The van der Waals surface area contributed by atoms with Crippen LogP contribution < -0.4 is 4.24 Å². The maximum atomic E-state index is 6.18. The van der Waals surface area contributed by atoms with E-state index in [1.807, 2.05) is 0 Å². The number of benzene rings is 1. The monoisotopic (exact) mass is 256 g/mol. The van der Waals surface area contributed by atoms with Crippen LogP contribution in [0.25, 0.3) is 0 Å². The van der Waals surface area contributed by atoms with E-state index >= 15 is 0 Å². The Kier molecular flexibility index (Phi) is 5.74. The zero-order chi connectivity index (χ0) is 13.8. The van der Waals surface area contributed by atoms with Gasteiger partial charge in [0, 0.05) is 0 Å². The first kappa shape index (κ1) is 16.0. The van der Waals surface area contributed by atoms with Crippen molar-refractivity contribution in [2.45, 2.75) is 51.7 Å². The van der Waals surface area contributed by atoms with Gasteiger partial charge in [0.05, 0.1) is 0 Å². The minimum atomic E-state index is -1.55. The SMILES string of the molecule is [Li][c]1cccc(CCCO[Si](C)(C)C(C)(C)C)c1. The predicted octanol–water partition coefficient (Wildman–Crippen LogP) is 3.43. The standard InChI is InChI=1S/C15H25OSi.Li/c1-15(2,3)17(4,5)16-13-9-12-14-10-7-6-8-11-14;/h6-7,10-11H,9,12-13H2,1-5H3;. The van der Waals surface area contributed by atoms with Gasteiger partial charge in [0.1, 0.15) is 0 Å². The molecule has 0 bridgehead atoms. The molecule has 1 aromatic rings. The average molecular weight is 256 g/mol. The van der Waals surface area contributed by atoms with Crippen LogP contribution in [0.3, 0.4) is 0 Å². The fraction of sp³-hybridized carbons (Fsp3) is 0.600. The molecule has 1 aromatic carbocycles. The van der Waals surface area contributed by atoms with Crippen molar-refractivity contribution in [3.05, 3.63) is 29.8 Å². The van der Waals surface area contributed by atoms with Gasteiger partial charge in [0.15, 0.2) is 0 Å². The summed E-state index contributed by atoms with van der Waals surface area (Å²) >= 11 is 2.15. The van der Waals surface area contributed by atoms with E-state index in [9.17, 15) is 0 Å². The zero-order valence-corrected chi connectivity index (χ0v) is 13.8. The quantitative estimate of drug-likeness (QED) is 0.579. The Bertz CT molecular complexity index is 382. The second-order valence-corrected chi connectivity index (χ2v) is 11.5. The first-order valence-corrected chi connectivity index (χ1v) is 9.83. The molecule has 96 valence electrons. The molecule has 0 aromatic heterocycles. The molecule has 1 nitrogen and oxygen atoms in total. The molecule has 0 atom stereocenters. The Labute approximate surface area is 123 Å². The van der Waals surface area contributed by atoms with Gasteiger partial charge in [0.25, 0.3) is 0 Å². The second-order valence-electron chi connectivity index (χ2n) is 6.70. The third-order valence-corrected chi connectivity index (χ3v) is 8.50. The van der Waals surface area contributed by atoms with Crippen molar-refractivity contribution in [1.82, 2.24) is 0 Å². The van der Waals surface area contributed by atoms with Crippen molar-refractivity contribution in [3.8, 4) is 0 Å². The van der Waals surface area contributed by atoms with Crippen molar-refractivity contribution >= 4 is 30.3 Å². The van der Waals surface area contributed by atoms with E-state index in [-0.39, 0.29) is 0 Å². The Morgan fingerprint density at radius 3 is 2.44 bits per heavy atom. The molecule has 3 heteroatoms. The molecule has 0 heterocycles. The van der Waals surface area contributed by atoms with Crippen molar-refractivity contribution < 1.29 is 4.43 Å². The van der Waals surface area contributed by atoms with Crippen molar-refractivity contribution in [3.63, 3.8) is 0 Å². The summed E-state index contributed by atoms with van der Waals surface area (Å²) in [5, 5.41) is 0.316. The van der Waals surface area contributed by atoms with Crippen LogP contribution in [0.1, 0.15) is 32.8 Å². The summed E-state index contributed by atoms with van der Waals surface area (Å²) in [6, 6.07) is 8.76. The predicted molar refractivity (Wildman–Crippen MR) is 83.3 cm³/mol. The maximum absolute atomic E-state index is 6.18. The number of aryl methyl sites for hydroxylation is 1. The number of hydrogen-bond donors (Lipinski definition) is 0. The molecule has 0 amide bonds. The van der Waals surface area contributed by atoms with Gasteiger partial charge >= 0.3 is 123 Å². The molecule has 0 radical (unpaired) electrons. The summed E-state index contributed by atoms with van der Waals surface area (Å²) in [5.74, 6) is 0. The molecular formula is C15H25LiOSi. The van der Waals surface area contributed by atoms with Gasteiger partial charge < -0.3 is 0 Å². The normalized spacial score (nSPS) is 12.8.